The van der Waals surface area contributed by atoms with Crippen LogP contribution in [0, 0.1) is 0 Å². The lowest BCUT2D eigenvalue weighted by Crippen LogP contribution is -2.36. The molecule has 1 amide bonds. The van der Waals surface area contributed by atoms with Crippen LogP contribution in [0.3, 0.4) is 0 Å². The molecule has 5 nitrogen and oxygen atoms in total. The SMILES string of the molecule is O=CNC(CCSCc1ccc(O)cc1)C(=O)O. The molecular formula is C12H15NO4S. The van der Waals surface area contributed by atoms with Crippen LogP contribution in [0.4, 0.5) is 0 Å². The summed E-state index contributed by atoms with van der Waals surface area (Å²) in [6.45, 7) is 0. The quantitative estimate of drug-likeness (QED) is 0.488. The fraction of sp³-hybridized carbons (Fsp3) is 0.333. The summed E-state index contributed by atoms with van der Waals surface area (Å²) in [5.74, 6) is 0.587. The van der Waals surface area contributed by atoms with Gasteiger partial charge in [-0.25, -0.2) is 4.79 Å². The predicted octanol–water partition coefficient (Wildman–Crippen LogP) is 1.21. The van der Waals surface area contributed by atoms with Crippen molar-refractivity contribution in [2.45, 2.75) is 18.2 Å². The minimum absolute atomic E-state index is 0.227. The lowest BCUT2D eigenvalue weighted by Gasteiger charge is -2.10. The van der Waals surface area contributed by atoms with Crippen molar-refractivity contribution in [3.05, 3.63) is 29.8 Å². The third-order valence-corrected chi connectivity index (χ3v) is 3.39. The molecule has 0 aliphatic carbocycles. The van der Waals surface area contributed by atoms with E-state index in [1.54, 1.807) is 23.9 Å². The van der Waals surface area contributed by atoms with Gasteiger partial charge in [-0.05, 0) is 29.9 Å². The summed E-state index contributed by atoms with van der Waals surface area (Å²) >= 11 is 1.58. The summed E-state index contributed by atoms with van der Waals surface area (Å²) < 4.78 is 0. The molecule has 0 aromatic heterocycles. The van der Waals surface area contributed by atoms with Crippen LogP contribution in [0.2, 0.25) is 0 Å². The summed E-state index contributed by atoms with van der Waals surface area (Å²) in [6.07, 6.45) is 0.792. The van der Waals surface area contributed by atoms with Crippen molar-refractivity contribution >= 4 is 24.1 Å². The molecule has 98 valence electrons. The van der Waals surface area contributed by atoms with E-state index >= 15 is 0 Å². The van der Waals surface area contributed by atoms with Crippen LogP contribution in [0.1, 0.15) is 12.0 Å². The van der Waals surface area contributed by atoms with Crippen LogP contribution in [-0.4, -0.2) is 34.4 Å². The zero-order valence-electron chi connectivity index (χ0n) is 9.70. The first-order valence-electron chi connectivity index (χ1n) is 5.41. The Morgan fingerprint density at radius 1 is 1.39 bits per heavy atom. The van der Waals surface area contributed by atoms with Gasteiger partial charge in [-0.3, -0.25) is 4.79 Å². The molecule has 0 aliphatic rings. The summed E-state index contributed by atoms with van der Waals surface area (Å²) in [5, 5.41) is 20.2. The highest BCUT2D eigenvalue weighted by Crippen LogP contribution is 2.16. The number of carboxylic acids is 1. The molecule has 0 spiro atoms. The summed E-state index contributed by atoms with van der Waals surface area (Å²) in [5.41, 5.74) is 1.06. The maximum absolute atomic E-state index is 10.7. The number of carbonyl (C=O) groups excluding carboxylic acids is 1. The summed E-state index contributed by atoms with van der Waals surface area (Å²) in [7, 11) is 0. The molecule has 0 radical (unpaired) electrons. The van der Waals surface area contributed by atoms with Gasteiger partial charge in [0.25, 0.3) is 0 Å². The van der Waals surface area contributed by atoms with E-state index in [0.29, 0.717) is 18.6 Å². The van der Waals surface area contributed by atoms with Crippen LogP contribution in [-0.2, 0) is 15.3 Å². The normalized spacial score (nSPS) is 11.8. The number of hydrogen-bond donors (Lipinski definition) is 3. The second kappa shape index (κ2) is 7.60. The number of hydrogen-bond acceptors (Lipinski definition) is 4. The Morgan fingerprint density at radius 2 is 2.06 bits per heavy atom. The number of carbonyl (C=O) groups is 2. The van der Waals surface area contributed by atoms with Gasteiger partial charge in [0.05, 0.1) is 0 Å². The van der Waals surface area contributed by atoms with Gasteiger partial charge in [0.2, 0.25) is 6.41 Å². The highest BCUT2D eigenvalue weighted by molar-refractivity contribution is 7.98. The average Bonchev–Trinajstić information content (AvgIpc) is 2.35. The number of aromatic hydroxyl groups is 1. The van der Waals surface area contributed by atoms with Gasteiger partial charge in [0.15, 0.2) is 0 Å². The standard InChI is InChI=1S/C12H15NO4S/c14-8-13-11(12(16)17)5-6-18-7-9-1-3-10(15)4-2-9/h1-4,8,11,15H,5-7H2,(H,13,14)(H,16,17). The van der Waals surface area contributed by atoms with Crippen LogP contribution in [0.15, 0.2) is 24.3 Å². The Labute approximate surface area is 109 Å². The van der Waals surface area contributed by atoms with Gasteiger partial charge in [0, 0.05) is 5.75 Å². The Hall–Kier alpha value is -1.69. The summed E-state index contributed by atoms with van der Waals surface area (Å²) in [4.78, 5) is 20.9. The molecule has 0 saturated heterocycles. The second-order valence-electron chi connectivity index (χ2n) is 3.68. The Kier molecular flexibility index (Phi) is 6.07. The number of phenolic OH excluding ortho intramolecular Hbond substituents is 1. The van der Waals surface area contributed by atoms with Gasteiger partial charge in [-0.15, -0.1) is 0 Å². The highest BCUT2D eigenvalue weighted by Gasteiger charge is 2.15. The molecule has 18 heavy (non-hydrogen) atoms. The minimum Gasteiger partial charge on any atom is -0.508 e. The van der Waals surface area contributed by atoms with Gasteiger partial charge in [0.1, 0.15) is 11.8 Å². The van der Waals surface area contributed by atoms with Crippen molar-refractivity contribution in [2.75, 3.05) is 5.75 Å². The van der Waals surface area contributed by atoms with E-state index in [2.05, 4.69) is 5.32 Å². The van der Waals surface area contributed by atoms with Gasteiger partial charge < -0.3 is 15.5 Å². The number of thioether (sulfide) groups is 1. The first-order chi connectivity index (χ1) is 8.63. The van der Waals surface area contributed by atoms with E-state index in [1.807, 2.05) is 12.1 Å². The maximum Gasteiger partial charge on any atom is 0.326 e. The van der Waals surface area contributed by atoms with Crippen LogP contribution in [0.5, 0.6) is 5.75 Å². The van der Waals surface area contributed by atoms with Crippen molar-refractivity contribution in [1.29, 1.82) is 0 Å². The smallest absolute Gasteiger partial charge is 0.326 e. The molecule has 1 unspecified atom stereocenters. The van der Waals surface area contributed by atoms with Crippen molar-refractivity contribution < 1.29 is 19.8 Å². The topological polar surface area (TPSA) is 86.6 Å². The third-order valence-electron chi connectivity index (χ3n) is 2.32. The monoisotopic (exact) mass is 269 g/mol. The highest BCUT2D eigenvalue weighted by atomic mass is 32.2. The van der Waals surface area contributed by atoms with E-state index in [1.165, 1.54) is 0 Å². The van der Waals surface area contributed by atoms with E-state index in [0.717, 1.165) is 11.3 Å². The number of amides is 1. The number of nitrogens with one attached hydrogen (secondary N) is 1. The Morgan fingerprint density at radius 3 is 2.61 bits per heavy atom. The predicted molar refractivity (Wildman–Crippen MR) is 69.5 cm³/mol. The lowest BCUT2D eigenvalue weighted by molar-refractivity contribution is -0.140. The number of phenols is 1. The van der Waals surface area contributed by atoms with Gasteiger partial charge >= 0.3 is 5.97 Å². The van der Waals surface area contributed by atoms with Gasteiger partial charge in [-0.2, -0.15) is 11.8 Å². The van der Waals surface area contributed by atoms with Crippen LogP contribution in [0.25, 0.3) is 0 Å². The molecule has 3 N–H and O–H groups in total. The second-order valence-corrected chi connectivity index (χ2v) is 4.79. The zero-order valence-corrected chi connectivity index (χ0v) is 10.5. The largest absolute Gasteiger partial charge is 0.508 e. The van der Waals surface area contributed by atoms with Crippen molar-refractivity contribution in [3.8, 4) is 5.75 Å². The summed E-state index contributed by atoms with van der Waals surface area (Å²) in [6, 6.07) is 6.05. The van der Waals surface area contributed by atoms with E-state index in [-0.39, 0.29) is 5.75 Å². The molecule has 1 aromatic rings. The van der Waals surface area contributed by atoms with E-state index in [4.69, 9.17) is 10.2 Å². The van der Waals surface area contributed by atoms with Gasteiger partial charge in [-0.1, -0.05) is 12.1 Å². The molecule has 1 atom stereocenters. The molecule has 0 heterocycles. The number of carboxylic acid groups (broad SMARTS) is 1. The maximum atomic E-state index is 10.7. The molecule has 0 fully saturated rings. The third kappa shape index (κ3) is 5.09. The fourth-order valence-electron chi connectivity index (χ4n) is 1.34. The van der Waals surface area contributed by atoms with Crippen molar-refractivity contribution in [1.82, 2.24) is 5.32 Å². The first-order valence-corrected chi connectivity index (χ1v) is 6.57. The Bertz CT molecular complexity index is 394. The number of benzene rings is 1. The molecule has 0 bridgehead atoms. The number of aliphatic carboxylic acids is 1. The van der Waals surface area contributed by atoms with E-state index < -0.39 is 12.0 Å². The fourth-order valence-corrected chi connectivity index (χ4v) is 2.32. The average molecular weight is 269 g/mol. The first kappa shape index (κ1) is 14.4. The van der Waals surface area contributed by atoms with Crippen molar-refractivity contribution in [3.63, 3.8) is 0 Å². The zero-order chi connectivity index (χ0) is 13.4. The lowest BCUT2D eigenvalue weighted by atomic mass is 10.2. The van der Waals surface area contributed by atoms with E-state index in [9.17, 15) is 9.59 Å². The minimum atomic E-state index is -1.02. The number of rotatable bonds is 8. The Balaban J connectivity index is 2.27. The molecule has 1 aromatic carbocycles. The van der Waals surface area contributed by atoms with Crippen molar-refractivity contribution in [2.24, 2.45) is 0 Å². The van der Waals surface area contributed by atoms with Crippen LogP contribution < -0.4 is 5.32 Å². The molecule has 6 heteroatoms. The molecule has 0 aliphatic heterocycles. The molecule has 1 rings (SSSR count). The molecule has 0 saturated carbocycles. The molecular weight excluding hydrogens is 254 g/mol. The van der Waals surface area contributed by atoms with Crippen LogP contribution >= 0.6 is 11.8 Å².